The highest BCUT2D eigenvalue weighted by atomic mass is 35.5. The summed E-state index contributed by atoms with van der Waals surface area (Å²) in [5, 5.41) is 22.5. The number of carbonyl (C=O) groups excluding carboxylic acids is 2. The van der Waals surface area contributed by atoms with Gasteiger partial charge in [-0.25, -0.2) is 19.2 Å². The maximum atomic E-state index is 13.8. The lowest BCUT2D eigenvalue weighted by Gasteiger charge is -2.43. The molecule has 1 aromatic carbocycles. The first-order valence-corrected chi connectivity index (χ1v) is 13.2. The second kappa shape index (κ2) is 15.2. The minimum absolute atomic E-state index is 0.00687. The number of dihydropyridines is 1. The largest absolute Gasteiger partial charge is 0.478 e. The van der Waals surface area contributed by atoms with Gasteiger partial charge in [-0.3, -0.25) is 0 Å². The number of nitrogens with one attached hydrogen (secondary N) is 1. The van der Waals surface area contributed by atoms with Crippen molar-refractivity contribution >= 4 is 58.7 Å². The molecule has 1 unspecified atom stereocenters. The summed E-state index contributed by atoms with van der Waals surface area (Å²) in [7, 11) is 1.02. The molecule has 5 N–H and O–H groups in total. The zero-order chi connectivity index (χ0) is 30.9. The van der Waals surface area contributed by atoms with Crippen molar-refractivity contribution in [3.63, 3.8) is 0 Å². The van der Waals surface area contributed by atoms with Gasteiger partial charge in [0.1, 0.15) is 0 Å². The van der Waals surface area contributed by atoms with Gasteiger partial charge in [-0.15, -0.1) is 0 Å². The lowest BCUT2D eigenvalue weighted by Crippen LogP contribution is -2.49. The number of halogens is 3. The third-order valence-electron chi connectivity index (χ3n) is 5.81. The third-order valence-corrected chi connectivity index (χ3v) is 6.83. The minimum atomic E-state index is -2.57. The van der Waals surface area contributed by atoms with E-state index >= 15 is 0 Å². The lowest BCUT2D eigenvalue weighted by molar-refractivity contribution is -0.140. The number of carboxylic acids is 2. The van der Waals surface area contributed by atoms with Crippen LogP contribution in [0.5, 0.6) is 0 Å². The van der Waals surface area contributed by atoms with E-state index < -0.39 is 46.0 Å². The molecule has 2 rings (SSSR count). The number of nitrogens with two attached hydrogens (primary N) is 1. The summed E-state index contributed by atoms with van der Waals surface area (Å²) in [6.45, 7) is 3.10. The first-order valence-electron chi connectivity index (χ1n) is 12.0. The van der Waals surface area contributed by atoms with Crippen LogP contribution in [0.3, 0.4) is 0 Å². The second-order valence-corrected chi connectivity index (χ2v) is 9.57. The number of carbonyl (C=O) groups is 4. The van der Waals surface area contributed by atoms with Gasteiger partial charge in [0.15, 0.2) is 0 Å². The van der Waals surface area contributed by atoms with E-state index in [1.165, 1.54) is 26.0 Å². The van der Waals surface area contributed by atoms with Crippen LogP contribution in [0.4, 0.5) is 0 Å². The molecule has 1 atom stereocenters. The van der Waals surface area contributed by atoms with E-state index in [9.17, 15) is 29.4 Å². The molecule has 0 aliphatic carbocycles. The molecular formula is C26H29Cl3N2O10. The second-order valence-electron chi connectivity index (χ2n) is 8.34. The summed E-state index contributed by atoms with van der Waals surface area (Å²) in [4.78, 5) is 52.1. The Kier molecular flexibility index (Phi) is 12.6. The van der Waals surface area contributed by atoms with E-state index in [-0.39, 0.29) is 65.1 Å². The van der Waals surface area contributed by atoms with Crippen LogP contribution in [0.2, 0.25) is 15.1 Å². The van der Waals surface area contributed by atoms with E-state index in [0.717, 1.165) is 7.11 Å². The number of allylic oxidation sites excluding steroid dienone is 1. The average Bonchev–Trinajstić information content (AvgIpc) is 2.90. The standard InChI is InChI=1S/C26H29Cl3N2O10/c1-4-41-25(37)21-18(12-40-8-7-39-6-5-30)31-13(2)20(24(36)38-3)26(21,16(23(34)35)11-19(32)33)15-9-14(27)10-17(28)22(15)29/h9-11,31H,4-8,12,30H2,1-3H3,(H,32,33)(H,34,35)/b16-11+. The SMILES string of the molecule is CCOC(=O)C1=C(COCCOCCN)NC(C)=C(C(=O)OC)C1(/C(=C/C(=O)O)C(=O)O)c1cc(Cl)cc(Cl)c1Cl. The van der Waals surface area contributed by atoms with Crippen LogP contribution in [0.25, 0.3) is 0 Å². The van der Waals surface area contributed by atoms with Crippen molar-refractivity contribution in [2.75, 3.05) is 46.7 Å². The molecule has 1 heterocycles. The van der Waals surface area contributed by atoms with Crippen molar-refractivity contribution < 1.29 is 48.3 Å². The number of ether oxygens (including phenoxy) is 4. The Morgan fingerprint density at radius 2 is 1.68 bits per heavy atom. The lowest BCUT2D eigenvalue weighted by atomic mass is 9.61. The van der Waals surface area contributed by atoms with Crippen molar-refractivity contribution in [3.05, 3.63) is 67.0 Å². The monoisotopic (exact) mass is 634 g/mol. The topological polar surface area (TPSA) is 184 Å². The summed E-state index contributed by atoms with van der Waals surface area (Å²) in [5.41, 5.74) is 0.531. The highest BCUT2D eigenvalue weighted by Crippen LogP contribution is 2.54. The first-order chi connectivity index (χ1) is 19.4. The zero-order valence-electron chi connectivity index (χ0n) is 22.3. The molecule has 0 spiro atoms. The van der Waals surface area contributed by atoms with Crippen LogP contribution in [0, 0.1) is 0 Å². The Labute approximate surface area is 250 Å². The van der Waals surface area contributed by atoms with Crippen LogP contribution < -0.4 is 11.1 Å². The summed E-state index contributed by atoms with van der Waals surface area (Å²) in [5.74, 6) is -5.74. The maximum absolute atomic E-state index is 13.8. The van der Waals surface area contributed by atoms with Gasteiger partial charge >= 0.3 is 23.9 Å². The number of carboxylic acid groups (broad SMARTS) is 2. The molecule has 0 saturated heterocycles. The van der Waals surface area contributed by atoms with Crippen LogP contribution in [-0.4, -0.2) is 80.8 Å². The van der Waals surface area contributed by atoms with Gasteiger partial charge in [-0.2, -0.15) is 0 Å². The summed E-state index contributed by atoms with van der Waals surface area (Å²) in [6.07, 6.45) is 0.341. The molecule has 0 bridgehead atoms. The maximum Gasteiger partial charge on any atom is 0.337 e. The Balaban J connectivity index is 3.17. The van der Waals surface area contributed by atoms with Gasteiger partial charge in [0.05, 0.1) is 78.0 Å². The molecule has 1 aliphatic heterocycles. The third kappa shape index (κ3) is 7.39. The van der Waals surface area contributed by atoms with Gasteiger partial charge < -0.3 is 40.2 Å². The molecule has 0 amide bonds. The summed E-state index contributed by atoms with van der Waals surface area (Å²) in [6, 6.07) is 2.42. The van der Waals surface area contributed by atoms with E-state index in [4.69, 9.17) is 59.5 Å². The predicted molar refractivity (Wildman–Crippen MR) is 149 cm³/mol. The number of hydrogen-bond donors (Lipinski definition) is 4. The van der Waals surface area contributed by atoms with Crippen LogP contribution in [0.1, 0.15) is 19.4 Å². The van der Waals surface area contributed by atoms with E-state index in [2.05, 4.69) is 5.32 Å². The number of aliphatic carboxylic acids is 2. The Morgan fingerprint density at radius 3 is 2.24 bits per heavy atom. The molecule has 0 saturated carbocycles. The van der Waals surface area contributed by atoms with Gasteiger partial charge in [0.25, 0.3) is 0 Å². The average molecular weight is 636 g/mol. The van der Waals surface area contributed by atoms with Crippen molar-refractivity contribution in [2.45, 2.75) is 19.3 Å². The highest BCUT2D eigenvalue weighted by Gasteiger charge is 2.57. The number of esters is 2. The smallest absolute Gasteiger partial charge is 0.337 e. The molecule has 15 heteroatoms. The molecule has 41 heavy (non-hydrogen) atoms. The number of hydrogen-bond acceptors (Lipinski definition) is 10. The van der Waals surface area contributed by atoms with Crippen molar-refractivity contribution in [1.82, 2.24) is 5.32 Å². The molecule has 0 aromatic heterocycles. The van der Waals surface area contributed by atoms with Crippen LogP contribution in [-0.2, 0) is 43.5 Å². The fourth-order valence-electron chi connectivity index (χ4n) is 4.42. The first kappa shape index (κ1) is 34.1. The molecule has 1 aliphatic rings. The highest BCUT2D eigenvalue weighted by molar-refractivity contribution is 6.44. The van der Waals surface area contributed by atoms with Gasteiger partial charge in [0, 0.05) is 23.3 Å². The Morgan fingerprint density at radius 1 is 1.02 bits per heavy atom. The van der Waals surface area contributed by atoms with Gasteiger partial charge in [-0.05, 0) is 31.5 Å². The number of rotatable bonds is 14. The van der Waals surface area contributed by atoms with Crippen molar-refractivity contribution in [2.24, 2.45) is 5.73 Å². The quantitative estimate of drug-likeness (QED) is 0.102. The van der Waals surface area contributed by atoms with Crippen molar-refractivity contribution in [1.29, 1.82) is 0 Å². The van der Waals surface area contributed by atoms with Crippen molar-refractivity contribution in [3.8, 4) is 0 Å². The molecule has 12 nitrogen and oxygen atoms in total. The molecule has 224 valence electrons. The van der Waals surface area contributed by atoms with Crippen LogP contribution >= 0.6 is 34.8 Å². The zero-order valence-corrected chi connectivity index (χ0v) is 24.6. The van der Waals surface area contributed by atoms with E-state index in [1.54, 1.807) is 0 Å². The number of methoxy groups -OCH3 is 1. The van der Waals surface area contributed by atoms with Gasteiger partial charge in [0.2, 0.25) is 0 Å². The predicted octanol–water partition coefficient (Wildman–Crippen LogP) is 2.84. The molecule has 0 fully saturated rings. The fraction of sp³-hybridized carbons (Fsp3) is 0.385. The van der Waals surface area contributed by atoms with Crippen LogP contribution in [0.15, 0.2) is 46.3 Å². The Hall–Kier alpha value is -3.13. The summed E-state index contributed by atoms with van der Waals surface area (Å²) < 4.78 is 21.2. The fourth-order valence-corrected chi connectivity index (χ4v) is 5.17. The molecular weight excluding hydrogens is 607 g/mol. The minimum Gasteiger partial charge on any atom is -0.478 e. The normalized spacial score (nSPS) is 17.3. The van der Waals surface area contributed by atoms with Gasteiger partial charge in [-0.1, -0.05) is 34.8 Å². The summed E-state index contributed by atoms with van der Waals surface area (Å²) >= 11 is 19.3. The Bertz CT molecular complexity index is 1310. The van der Waals surface area contributed by atoms with E-state index in [1.807, 2.05) is 0 Å². The molecule has 0 radical (unpaired) electrons. The van der Waals surface area contributed by atoms with E-state index in [0.29, 0.717) is 12.6 Å². The number of benzene rings is 1. The molecule has 1 aromatic rings.